The first-order chi connectivity index (χ1) is 10.3. The van der Waals surface area contributed by atoms with Gasteiger partial charge in [0, 0.05) is 18.1 Å². The predicted molar refractivity (Wildman–Crippen MR) is 79.1 cm³/mol. The van der Waals surface area contributed by atoms with E-state index in [4.69, 9.17) is 4.74 Å². The van der Waals surface area contributed by atoms with E-state index in [0.29, 0.717) is 5.69 Å². The van der Waals surface area contributed by atoms with Crippen LogP contribution >= 0.6 is 0 Å². The molecule has 8 nitrogen and oxygen atoms in total. The molecule has 1 atom stereocenters. The number of fused-ring (bicyclic) bond motifs is 1. The van der Waals surface area contributed by atoms with Gasteiger partial charge in [0.05, 0.1) is 24.5 Å². The third-order valence-electron chi connectivity index (χ3n) is 3.38. The first-order valence-electron chi connectivity index (χ1n) is 6.58. The van der Waals surface area contributed by atoms with Crippen molar-refractivity contribution < 1.29 is 22.1 Å². The van der Waals surface area contributed by atoms with Gasteiger partial charge in [0.25, 0.3) is 10.1 Å². The Bertz CT molecular complexity index is 829. The van der Waals surface area contributed by atoms with E-state index in [1.54, 1.807) is 16.9 Å². The Morgan fingerprint density at radius 3 is 2.95 bits per heavy atom. The smallest absolute Gasteiger partial charge is 0.414 e. The van der Waals surface area contributed by atoms with Crippen LogP contribution in [0, 0.1) is 0 Å². The Labute approximate surface area is 127 Å². The van der Waals surface area contributed by atoms with Crippen molar-refractivity contribution in [2.45, 2.75) is 6.10 Å². The molecule has 0 unspecified atom stereocenters. The Kier molecular flexibility index (Phi) is 3.53. The predicted octanol–water partition coefficient (Wildman–Crippen LogP) is 0.875. The molecule has 118 valence electrons. The molecule has 2 aromatic rings. The van der Waals surface area contributed by atoms with Gasteiger partial charge in [-0.1, -0.05) is 0 Å². The molecule has 0 radical (unpaired) electrons. The first kappa shape index (κ1) is 14.8. The van der Waals surface area contributed by atoms with Crippen molar-refractivity contribution in [2.24, 2.45) is 7.05 Å². The largest absolute Gasteiger partial charge is 0.441 e. The van der Waals surface area contributed by atoms with Crippen LogP contribution in [-0.4, -0.2) is 49.8 Å². The summed E-state index contributed by atoms with van der Waals surface area (Å²) in [6.07, 6.45) is 1.53. The molecule has 0 saturated carbocycles. The van der Waals surface area contributed by atoms with Gasteiger partial charge in [-0.05, 0) is 18.2 Å². The van der Waals surface area contributed by atoms with Crippen molar-refractivity contribution in [3.63, 3.8) is 0 Å². The minimum Gasteiger partial charge on any atom is -0.441 e. The third kappa shape index (κ3) is 2.90. The minimum absolute atomic E-state index is 0.184. The molecule has 22 heavy (non-hydrogen) atoms. The zero-order valence-electron chi connectivity index (χ0n) is 12.1. The highest BCUT2D eigenvalue weighted by Crippen LogP contribution is 2.25. The number of ether oxygens (including phenoxy) is 1. The number of cyclic esters (lactones) is 1. The van der Waals surface area contributed by atoms with E-state index in [-0.39, 0.29) is 13.2 Å². The Morgan fingerprint density at radius 2 is 2.23 bits per heavy atom. The van der Waals surface area contributed by atoms with Gasteiger partial charge in [-0.25, -0.2) is 4.79 Å². The van der Waals surface area contributed by atoms with Crippen LogP contribution in [0.4, 0.5) is 10.5 Å². The lowest BCUT2D eigenvalue weighted by molar-refractivity contribution is 0.107. The van der Waals surface area contributed by atoms with Crippen molar-refractivity contribution >= 4 is 32.8 Å². The van der Waals surface area contributed by atoms with E-state index < -0.39 is 22.3 Å². The molecule has 0 N–H and O–H groups in total. The fourth-order valence-electron chi connectivity index (χ4n) is 2.34. The number of aryl methyl sites for hydroxylation is 1. The van der Waals surface area contributed by atoms with E-state index in [9.17, 15) is 13.2 Å². The van der Waals surface area contributed by atoms with Crippen LogP contribution < -0.4 is 4.90 Å². The number of carbonyl (C=O) groups excluding carboxylic acids is 1. The number of amides is 1. The molecular formula is C13H15N3O5S. The van der Waals surface area contributed by atoms with Gasteiger partial charge in [0.1, 0.15) is 12.7 Å². The molecule has 3 rings (SSSR count). The van der Waals surface area contributed by atoms with E-state index in [1.807, 2.05) is 19.2 Å². The lowest BCUT2D eigenvalue weighted by Crippen LogP contribution is -2.26. The monoisotopic (exact) mass is 325 g/mol. The molecule has 1 aliphatic rings. The van der Waals surface area contributed by atoms with Crippen molar-refractivity contribution in [1.82, 2.24) is 9.78 Å². The van der Waals surface area contributed by atoms with Crippen LogP contribution in [0.15, 0.2) is 24.4 Å². The molecule has 1 amide bonds. The van der Waals surface area contributed by atoms with Crippen molar-refractivity contribution in [3.05, 3.63) is 24.4 Å². The standard InChI is InChI=1S/C13H15N3O5S/c1-15-12-4-3-10(5-9(12)6-14-15)16-7-11(21-13(16)17)8-20-22(2,18)19/h3-6,11H,7-8H2,1-2H3/t11-/m1/s1. The molecule has 2 heterocycles. The highest BCUT2D eigenvalue weighted by atomic mass is 32.2. The Balaban J connectivity index is 1.77. The summed E-state index contributed by atoms with van der Waals surface area (Å²) in [7, 11) is -1.72. The number of nitrogens with zero attached hydrogens (tertiary/aromatic N) is 3. The number of aromatic nitrogens is 2. The van der Waals surface area contributed by atoms with Gasteiger partial charge < -0.3 is 4.74 Å². The van der Waals surface area contributed by atoms with Crippen LogP contribution in [0.5, 0.6) is 0 Å². The van der Waals surface area contributed by atoms with Crippen LogP contribution in [0.3, 0.4) is 0 Å². The molecule has 9 heteroatoms. The summed E-state index contributed by atoms with van der Waals surface area (Å²) in [5.41, 5.74) is 1.63. The lowest BCUT2D eigenvalue weighted by atomic mass is 10.2. The number of hydrogen-bond donors (Lipinski definition) is 0. The van der Waals surface area contributed by atoms with Crippen molar-refractivity contribution in [2.75, 3.05) is 24.3 Å². The number of hydrogen-bond acceptors (Lipinski definition) is 6. The van der Waals surface area contributed by atoms with Gasteiger partial charge in [-0.15, -0.1) is 0 Å². The Hall–Kier alpha value is -2.13. The zero-order valence-corrected chi connectivity index (χ0v) is 12.9. The summed E-state index contributed by atoms with van der Waals surface area (Å²) in [5, 5.41) is 5.06. The van der Waals surface area contributed by atoms with E-state index in [0.717, 1.165) is 17.2 Å². The van der Waals surface area contributed by atoms with Gasteiger partial charge in [-0.3, -0.25) is 13.8 Å². The maximum atomic E-state index is 11.9. The average molecular weight is 325 g/mol. The third-order valence-corrected chi connectivity index (χ3v) is 3.95. The molecule has 0 aliphatic carbocycles. The lowest BCUT2D eigenvalue weighted by Gasteiger charge is -2.13. The summed E-state index contributed by atoms with van der Waals surface area (Å²) in [4.78, 5) is 13.4. The van der Waals surface area contributed by atoms with Gasteiger partial charge in [0.2, 0.25) is 0 Å². The number of anilines is 1. The molecule has 0 spiro atoms. The van der Waals surface area contributed by atoms with Crippen molar-refractivity contribution in [1.29, 1.82) is 0 Å². The SMILES string of the molecule is Cn1ncc2cc(N3C[C@H](COS(C)(=O)=O)OC3=O)ccc21. The second-order valence-corrected chi connectivity index (χ2v) is 6.76. The number of benzene rings is 1. The molecule has 1 aliphatic heterocycles. The summed E-state index contributed by atoms with van der Waals surface area (Å²) in [6.45, 7) is 0.0519. The van der Waals surface area contributed by atoms with Crippen LogP contribution in [0.2, 0.25) is 0 Å². The van der Waals surface area contributed by atoms with Gasteiger partial charge >= 0.3 is 6.09 Å². The molecule has 0 bridgehead atoms. The van der Waals surface area contributed by atoms with Gasteiger partial charge in [-0.2, -0.15) is 13.5 Å². The maximum Gasteiger partial charge on any atom is 0.414 e. The maximum absolute atomic E-state index is 11.9. The summed E-state index contributed by atoms with van der Waals surface area (Å²) in [5.74, 6) is 0. The fourth-order valence-corrected chi connectivity index (χ4v) is 2.74. The molecule has 1 aromatic heterocycles. The normalized spacial score (nSPS) is 18.9. The van der Waals surface area contributed by atoms with Crippen LogP contribution in [0.25, 0.3) is 10.9 Å². The molecular weight excluding hydrogens is 310 g/mol. The number of rotatable bonds is 4. The summed E-state index contributed by atoms with van der Waals surface area (Å²) < 4.78 is 33.5. The first-order valence-corrected chi connectivity index (χ1v) is 8.39. The second-order valence-electron chi connectivity index (χ2n) is 5.12. The summed E-state index contributed by atoms with van der Waals surface area (Å²) >= 11 is 0. The topological polar surface area (TPSA) is 90.7 Å². The quantitative estimate of drug-likeness (QED) is 0.775. The van der Waals surface area contributed by atoms with Gasteiger partial charge in [0.15, 0.2) is 0 Å². The van der Waals surface area contributed by atoms with Crippen LogP contribution in [-0.2, 0) is 26.1 Å². The second kappa shape index (κ2) is 5.25. The van der Waals surface area contributed by atoms with E-state index in [1.165, 1.54) is 4.90 Å². The molecule has 1 aromatic carbocycles. The molecule has 1 fully saturated rings. The summed E-state index contributed by atoms with van der Waals surface area (Å²) in [6, 6.07) is 5.50. The molecule has 1 saturated heterocycles. The Morgan fingerprint density at radius 1 is 1.45 bits per heavy atom. The average Bonchev–Trinajstić information content (AvgIpc) is 2.99. The van der Waals surface area contributed by atoms with E-state index in [2.05, 4.69) is 9.28 Å². The fraction of sp³-hybridized carbons (Fsp3) is 0.385. The zero-order chi connectivity index (χ0) is 15.9. The minimum atomic E-state index is -3.56. The number of carbonyl (C=O) groups is 1. The van der Waals surface area contributed by atoms with Crippen molar-refractivity contribution in [3.8, 4) is 0 Å². The highest BCUT2D eigenvalue weighted by Gasteiger charge is 2.33. The highest BCUT2D eigenvalue weighted by molar-refractivity contribution is 7.85. The van der Waals surface area contributed by atoms with Crippen LogP contribution in [0.1, 0.15) is 0 Å². The van der Waals surface area contributed by atoms with E-state index >= 15 is 0 Å².